The van der Waals surface area contributed by atoms with E-state index in [4.69, 9.17) is 4.74 Å². The summed E-state index contributed by atoms with van der Waals surface area (Å²) in [4.78, 5) is 14.8. The molecule has 1 aliphatic carbocycles. The fraction of sp³-hybridized carbons (Fsp3) is 0.360. The van der Waals surface area contributed by atoms with Crippen molar-refractivity contribution in [3.63, 3.8) is 0 Å². The van der Waals surface area contributed by atoms with E-state index < -0.39 is 0 Å². The van der Waals surface area contributed by atoms with Crippen LogP contribution >= 0.6 is 11.8 Å². The molecule has 1 aliphatic heterocycles. The number of nitrogens with one attached hydrogen (secondary N) is 1. The van der Waals surface area contributed by atoms with E-state index in [0.29, 0.717) is 13.2 Å². The minimum atomic E-state index is 0.0472. The van der Waals surface area contributed by atoms with Crippen LogP contribution in [0.4, 0.5) is 5.69 Å². The van der Waals surface area contributed by atoms with Crippen LogP contribution in [0.25, 0.3) is 11.3 Å². The normalized spacial score (nSPS) is 16.9. The summed E-state index contributed by atoms with van der Waals surface area (Å²) in [5.41, 5.74) is 3.23. The third-order valence-corrected chi connectivity index (χ3v) is 6.92. The maximum atomic E-state index is 12.5. The van der Waals surface area contributed by atoms with Gasteiger partial charge in [0.05, 0.1) is 5.69 Å². The average molecular weight is 434 g/mol. The molecule has 1 saturated heterocycles. The number of nitrogens with zero attached hydrogens (tertiary/aromatic N) is 2. The molecule has 0 radical (unpaired) electrons. The van der Waals surface area contributed by atoms with Gasteiger partial charge in [0.2, 0.25) is 5.91 Å². The smallest absolute Gasteiger partial charge is 0.227 e. The van der Waals surface area contributed by atoms with Gasteiger partial charge in [-0.3, -0.25) is 9.48 Å². The molecule has 1 N–H and O–H groups in total. The van der Waals surface area contributed by atoms with Crippen molar-refractivity contribution in [1.29, 1.82) is 0 Å². The van der Waals surface area contributed by atoms with Crippen LogP contribution in [-0.4, -0.2) is 28.9 Å². The summed E-state index contributed by atoms with van der Waals surface area (Å²) in [5, 5.41) is 7.57. The Balaban J connectivity index is 1.23. The predicted octanol–water partition coefficient (Wildman–Crippen LogP) is 5.48. The van der Waals surface area contributed by atoms with Crippen LogP contribution < -0.4 is 5.32 Å². The third-order valence-electron chi connectivity index (χ3n) is 5.92. The predicted molar refractivity (Wildman–Crippen MR) is 123 cm³/mol. The zero-order valence-corrected chi connectivity index (χ0v) is 18.3. The van der Waals surface area contributed by atoms with E-state index >= 15 is 0 Å². The largest absolute Gasteiger partial charge is 0.381 e. The first-order valence-electron chi connectivity index (χ1n) is 11.0. The molecule has 3 aromatic rings. The number of rotatable bonds is 7. The molecule has 0 spiro atoms. The van der Waals surface area contributed by atoms with Crippen molar-refractivity contribution >= 4 is 23.4 Å². The van der Waals surface area contributed by atoms with Crippen LogP contribution in [0, 0.1) is 11.8 Å². The Morgan fingerprint density at radius 2 is 1.84 bits per heavy atom. The van der Waals surface area contributed by atoms with E-state index in [1.54, 1.807) is 11.8 Å². The molecule has 2 heterocycles. The van der Waals surface area contributed by atoms with Crippen molar-refractivity contribution in [1.82, 2.24) is 9.78 Å². The Bertz CT molecular complexity index is 1040. The number of anilines is 1. The summed E-state index contributed by atoms with van der Waals surface area (Å²) in [6.45, 7) is 2.36. The number of aromatic nitrogens is 2. The molecule has 160 valence electrons. The van der Waals surface area contributed by atoms with Crippen LogP contribution in [0.2, 0.25) is 0 Å². The highest BCUT2D eigenvalue weighted by molar-refractivity contribution is 7.99. The second-order valence-corrected chi connectivity index (χ2v) is 9.52. The van der Waals surface area contributed by atoms with E-state index in [2.05, 4.69) is 51.5 Å². The van der Waals surface area contributed by atoms with Crippen LogP contribution in [0.3, 0.4) is 0 Å². The van der Waals surface area contributed by atoms with Gasteiger partial charge in [-0.15, -0.1) is 0 Å². The van der Waals surface area contributed by atoms with Gasteiger partial charge in [0.15, 0.2) is 0 Å². The van der Waals surface area contributed by atoms with Gasteiger partial charge >= 0.3 is 0 Å². The molecular formula is C25H27N3O2S. The highest BCUT2D eigenvalue weighted by Gasteiger charge is 2.23. The SMILES string of the molecule is O=C(Nc1cccc(Sc2ccc(-c3ccnn3CC3CC3)cc2)c1)C1CCOCC1. The number of amides is 1. The molecule has 1 aromatic heterocycles. The summed E-state index contributed by atoms with van der Waals surface area (Å²) in [6.07, 6.45) is 6.13. The topological polar surface area (TPSA) is 56.2 Å². The second kappa shape index (κ2) is 9.28. The Labute approximate surface area is 187 Å². The molecule has 2 aliphatic rings. The van der Waals surface area contributed by atoms with Crippen LogP contribution in [0.1, 0.15) is 25.7 Å². The van der Waals surface area contributed by atoms with Gasteiger partial charge in [-0.25, -0.2) is 0 Å². The summed E-state index contributed by atoms with van der Waals surface area (Å²) in [6, 6.07) is 18.8. The van der Waals surface area contributed by atoms with E-state index in [-0.39, 0.29) is 11.8 Å². The Morgan fingerprint density at radius 1 is 1.03 bits per heavy atom. The summed E-state index contributed by atoms with van der Waals surface area (Å²) in [5.74, 6) is 0.941. The van der Waals surface area contributed by atoms with Gasteiger partial charge < -0.3 is 10.1 Å². The highest BCUT2D eigenvalue weighted by Crippen LogP contribution is 2.34. The van der Waals surface area contributed by atoms with Crippen molar-refractivity contribution in [2.24, 2.45) is 11.8 Å². The molecule has 5 nitrogen and oxygen atoms in total. The van der Waals surface area contributed by atoms with Crippen molar-refractivity contribution in [3.8, 4) is 11.3 Å². The lowest BCUT2D eigenvalue weighted by molar-refractivity contribution is -0.122. The fourth-order valence-corrected chi connectivity index (χ4v) is 4.82. The number of ether oxygens (including phenoxy) is 1. The molecule has 1 amide bonds. The van der Waals surface area contributed by atoms with E-state index in [1.807, 2.05) is 24.4 Å². The molecule has 0 atom stereocenters. The molecule has 6 heteroatoms. The maximum absolute atomic E-state index is 12.5. The van der Waals surface area contributed by atoms with Crippen molar-refractivity contribution in [2.45, 2.75) is 42.0 Å². The zero-order valence-electron chi connectivity index (χ0n) is 17.5. The Morgan fingerprint density at radius 3 is 2.61 bits per heavy atom. The van der Waals surface area contributed by atoms with Crippen LogP contribution in [0.5, 0.6) is 0 Å². The summed E-state index contributed by atoms with van der Waals surface area (Å²) in [7, 11) is 0. The van der Waals surface area contributed by atoms with Gasteiger partial charge in [0, 0.05) is 47.4 Å². The molecule has 2 aromatic carbocycles. The second-order valence-electron chi connectivity index (χ2n) is 8.37. The summed E-state index contributed by atoms with van der Waals surface area (Å²) < 4.78 is 7.48. The lowest BCUT2D eigenvalue weighted by Crippen LogP contribution is -2.28. The molecule has 0 unspecified atom stereocenters. The third kappa shape index (κ3) is 5.20. The van der Waals surface area contributed by atoms with E-state index in [0.717, 1.165) is 35.9 Å². The number of hydrogen-bond acceptors (Lipinski definition) is 4. The van der Waals surface area contributed by atoms with Crippen LogP contribution in [0.15, 0.2) is 70.6 Å². The van der Waals surface area contributed by atoms with Gasteiger partial charge in [-0.05, 0) is 73.6 Å². The minimum absolute atomic E-state index is 0.0472. The quantitative estimate of drug-likeness (QED) is 0.536. The first-order valence-corrected chi connectivity index (χ1v) is 11.8. The first-order chi connectivity index (χ1) is 15.2. The number of carbonyl (C=O) groups excluding carboxylic acids is 1. The van der Waals surface area contributed by atoms with Crippen LogP contribution in [-0.2, 0) is 16.1 Å². The monoisotopic (exact) mass is 433 g/mol. The molecule has 31 heavy (non-hydrogen) atoms. The van der Waals surface area contributed by atoms with E-state index in [1.165, 1.54) is 29.0 Å². The molecule has 5 rings (SSSR count). The molecular weight excluding hydrogens is 406 g/mol. The Hall–Kier alpha value is -2.57. The van der Waals surface area contributed by atoms with Crippen molar-refractivity contribution in [3.05, 3.63) is 60.8 Å². The molecule has 1 saturated carbocycles. The van der Waals surface area contributed by atoms with Gasteiger partial charge in [-0.2, -0.15) is 5.10 Å². The fourth-order valence-electron chi connectivity index (χ4n) is 3.94. The number of hydrogen-bond donors (Lipinski definition) is 1. The average Bonchev–Trinajstić information content (AvgIpc) is 3.50. The number of carbonyl (C=O) groups is 1. The van der Waals surface area contributed by atoms with Gasteiger partial charge in [0.1, 0.15) is 0 Å². The minimum Gasteiger partial charge on any atom is -0.381 e. The lowest BCUT2D eigenvalue weighted by atomic mass is 9.99. The maximum Gasteiger partial charge on any atom is 0.227 e. The Kier molecular flexibility index (Phi) is 6.09. The zero-order chi connectivity index (χ0) is 21.0. The van der Waals surface area contributed by atoms with Gasteiger partial charge in [-0.1, -0.05) is 30.0 Å². The number of benzene rings is 2. The van der Waals surface area contributed by atoms with E-state index in [9.17, 15) is 4.79 Å². The molecule has 0 bridgehead atoms. The summed E-state index contributed by atoms with van der Waals surface area (Å²) >= 11 is 1.70. The standard InChI is InChI=1S/C25H27N3O2S/c29-25(20-11-14-30-15-12-20)27-21-2-1-3-23(16-21)31-22-8-6-19(7-9-22)24-10-13-26-28(24)17-18-4-5-18/h1-3,6-10,13,16,18,20H,4-5,11-12,14-15,17H2,(H,27,29). The van der Waals surface area contributed by atoms with Crippen molar-refractivity contribution in [2.75, 3.05) is 18.5 Å². The molecule has 2 fully saturated rings. The lowest BCUT2D eigenvalue weighted by Gasteiger charge is -2.21. The van der Waals surface area contributed by atoms with Crippen molar-refractivity contribution < 1.29 is 9.53 Å². The highest BCUT2D eigenvalue weighted by atomic mass is 32.2. The van der Waals surface area contributed by atoms with Gasteiger partial charge in [0.25, 0.3) is 0 Å². The first kappa shape index (κ1) is 20.3.